The van der Waals surface area contributed by atoms with Crippen LogP contribution in [0.5, 0.6) is 0 Å². The van der Waals surface area contributed by atoms with Gasteiger partial charge in [0.1, 0.15) is 0 Å². The molecule has 0 fully saturated rings. The SMILES string of the molecule is CC(=O)n1cc([C@@H]2C=C(C(=O)Nc3ccc(N4C(=O)c5ccc(Cl)cc5C4=O)c(C)c3)O[C@H](OCc3ccc(CO)cc3)C2)c2ccccc21. The van der Waals surface area contributed by atoms with Gasteiger partial charge in [0, 0.05) is 41.6 Å². The van der Waals surface area contributed by atoms with E-state index in [4.69, 9.17) is 21.1 Å². The van der Waals surface area contributed by atoms with Gasteiger partial charge in [-0.1, -0.05) is 54.1 Å². The van der Waals surface area contributed by atoms with Crippen molar-refractivity contribution in [3.63, 3.8) is 0 Å². The number of allylic oxidation sites excluding steroid dienone is 1. The van der Waals surface area contributed by atoms with Crippen molar-refractivity contribution < 1.29 is 33.8 Å². The van der Waals surface area contributed by atoms with Gasteiger partial charge in [-0.3, -0.25) is 23.7 Å². The predicted octanol–water partition coefficient (Wildman–Crippen LogP) is 7.13. The molecule has 0 radical (unpaired) electrons. The average Bonchev–Trinajstić information content (AvgIpc) is 3.62. The Kier molecular flexibility index (Phi) is 8.83. The van der Waals surface area contributed by atoms with Gasteiger partial charge in [0.2, 0.25) is 12.2 Å². The first kappa shape index (κ1) is 33.0. The third-order valence-corrected chi connectivity index (χ3v) is 9.18. The summed E-state index contributed by atoms with van der Waals surface area (Å²) in [6.07, 6.45) is 3.13. The van der Waals surface area contributed by atoms with Gasteiger partial charge in [-0.05, 0) is 77.7 Å². The number of rotatable bonds is 8. The lowest BCUT2D eigenvalue weighted by atomic mass is 9.92. The maximum Gasteiger partial charge on any atom is 0.290 e. The van der Waals surface area contributed by atoms with E-state index in [-0.39, 0.29) is 41.9 Å². The lowest BCUT2D eigenvalue weighted by molar-refractivity contribution is -0.147. The molecule has 11 heteroatoms. The van der Waals surface area contributed by atoms with Crippen molar-refractivity contribution in [1.29, 1.82) is 0 Å². The van der Waals surface area contributed by atoms with Crippen molar-refractivity contribution in [2.24, 2.45) is 0 Å². The standard InChI is InChI=1S/C39H32ClN3O7/c1-22-15-28(12-14-33(22)43-38(47)30-13-11-27(40)18-31(30)39(43)48)41-37(46)35-16-26(32-19-42(23(2)45)34-6-4-3-5-29(32)34)17-36(50-35)49-21-25-9-7-24(20-44)8-10-25/h3-16,18-19,26,36,44H,17,20-21H2,1-2H3,(H,41,46)/t26-,36+/m1/s1. The Labute approximate surface area is 292 Å². The van der Waals surface area contributed by atoms with E-state index in [9.17, 15) is 24.3 Å². The number of anilines is 2. The molecular formula is C39H32ClN3O7. The van der Waals surface area contributed by atoms with Crippen molar-refractivity contribution in [2.75, 3.05) is 10.2 Å². The molecule has 0 bridgehead atoms. The van der Waals surface area contributed by atoms with Crippen molar-refractivity contribution in [2.45, 2.75) is 45.7 Å². The zero-order valence-corrected chi connectivity index (χ0v) is 27.9. The number of aromatic nitrogens is 1. The Morgan fingerprint density at radius 3 is 2.44 bits per heavy atom. The minimum atomic E-state index is -0.797. The van der Waals surface area contributed by atoms with Gasteiger partial charge in [0.15, 0.2) is 5.76 Å². The van der Waals surface area contributed by atoms with Crippen LogP contribution < -0.4 is 10.2 Å². The van der Waals surface area contributed by atoms with Gasteiger partial charge < -0.3 is 19.9 Å². The molecule has 0 saturated carbocycles. The summed E-state index contributed by atoms with van der Waals surface area (Å²) in [5.41, 5.74) is 5.18. The summed E-state index contributed by atoms with van der Waals surface area (Å²) in [5.74, 6) is -1.86. The van der Waals surface area contributed by atoms with E-state index in [0.717, 1.165) is 32.5 Å². The second-order valence-electron chi connectivity index (χ2n) is 12.3. The molecule has 50 heavy (non-hydrogen) atoms. The number of aliphatic hydroxyl groups excluding tert-OH is 1. The fraction of sp³-hybridized carbons (Fsp3) is 0.179. The lowest BCUT2D eigenvalue weighted by Gasteiger charge is -2.29. The zero-order chi connectivity index (χ0) is 35.1. The number of nitrogens with zero attached hydrogens (tertiary/aromatic N) is 2. The predicted molar refractivity (Wildman–Crippen MR) is 188 cm³/mol. The van der Waals surface area contributed by atoms with E-state index in [1.807, 2.05) is 48.5 Å². The summed E-state index contributed by atoms with van der Waals surface area (Å²) in [5, 5.41) is 13.5. The first-order valence-corrected chi connectivity index (χ1v) is 16.4. The Morgan fingerprint density at radius 1 is 0.960 bits per heavy atom. The molecule has 2 atom stereocenters. The van der Waals surface area contributed by atoms with E-state index < -0.39 is 24.0 Å². The van der Waals surface area contributed by atoms with Crippen LogP contribution in [0.1, 0.15) is 67.0 Å². The van der Waals surface area contributed by atoms with Crippen LogP contribution in [-0.4, -0.2) is 39.6 Å². The highest BCUT2D eigenvalue weighted by molar-refractivity contribution is 6.37. The number of carbonyl (C=O) groups excluding carboxylic acids is 4. The minimum Gasteiger partial charge on any atom is -0.459 e. The Hall–Kier alpha value is -5.55. The number of halogens is 1. The van der Waals surface area contributed by atoms with Gasteiger partial charge in [-0.2, -0.15) is 0 Å². The molecule has 5 aromatic rings. The molecular weight excluding hydrogens is 658 g/mol. The van der Waals surface area contributed by atoms with Gasteiger partial charge in [0.05, 0.1) is 35.5 Å². The summed E-state index contributed by atoms with van der Waals surface area (Å²) < 4.78 is 13.9. The molecule has 3 heterocycles. The summed E-state index contributed by atoms with van der Waals surface area (Å²) in [4.78, 5) is 53.7. The first-order chi connectivity index (χ1) is 24.1. The quantitative estimate of drug-likeness (QED) is 0.166. The fourth-order valence-electron chi connectivity index (χ4n) is 6.44. The Morgan fingerprint density at radius 2 is 1.70 bits per heavy atom. The number of aliphatic hydroxyl groups is 1. The second kappa shape index (κ2) is 13.4. The highest BCUT2D eigenvalue weighted by Crippen LogP contribution is 2.38. The summed E-state index contributed by atoms with van der Waals surface area (Å²) in [7, 11) is 0. The minimum absolute atomic E-state index is 0.0421. The summed E-state index contributed by atoms with van der Waals surface area (Å²) in [6.45, 7) is 3.39. The molecule has 0 spiro atoms. The number of carbonyl (C=O) groups is 4. The second-order valence-corrected chi connectivity index (χ2v) is 12.7. The number of benzene rings is 4. The highest BCUT2D eigenvalue weighted by atomic mass is 35.5. The number of hydrogen-bond donors (Lipinski definition) is 2. The number of nitrogens with one attached hydrogen (secondary N) is 1. The molecule has 3 amide bonds. The number of hydrogen-bond acceptors (Lipinski definition) is 7. The molecule has 1 aromatic heterocycles. The molecule has 2 aliphatic heterocycles. The number of amides is 3. The maximum absolute atomic E-state index is 13.8. The first-order valence-electron chi connectivity index (χ1n) is 16.0. The van der Waals surface area contributed by atoms with Crippen LogP contribution in [0.4, 0.5) is 11.4 Å². The van der Waals surface area contributed by atoms with Crippen molar-refractivity contribution >= 4 is 57.5 Å². The van der Waals surface area contributed by atoms with Crippen LogP contribution >= 0.6 is 11.6 Å². The van der Waals surface area contributed by atoms with Crippen molar-refractivity contribution in [1.82, 2.24) is 4.57 Å². The van der Waals surface area contributed by atoms with E-state index >= 15 is 0 Å². The third kappa shape index (κ3) is 6.20. The van der Waals surface area contributed by atoms with Crippen LogP contribution in [-0.2, 0) is 27.5 Å². The number of fused-ring (bicyclic) bond motifs is 2. The molecule has 2 aliphatic rings. The van der Waals surface area contributed by atoms with Gasteiger partial charge in [-0.15, -0.1) is 0 Å². The molecule has 0 unspecified atom stereocenters. The number of ether oxygens (including phenoxy) is 2. The van der Waals surface area contributed by atoms with Gasteiger partial charge in [0.25, 0.3) is 17.7 Å². The fourth-order valence-corrected chi connectivity index (χ4v) is 6.61. The monoisotopic (exact) mass is 689 g/mol. The summed E-state index contributed by atoms with van der Waals surface area (Å²) >= 11 is 6.08. The third-order valence-electron chi connectivity index (χ3n) is 8.95. The van der Waals surface area contributed by atoms with Gasteiger partial charge in [-0.25, -0.2) is 4.90 Å². The Balaban J connectivity index is 1.15. The van der Waals surface area contributed by atoms with Crippen LogP contribution in [0.25, 0.3) is 10.9 Å². The average molecular weight is 690 g/mol. The molecule has 4 aromatic carbocycles. The van der Waals surface area contributed by atoms with Crippen LogP contribution in [0.15, 0.2) is 103 Å². The smallest absolute Gasteiger partial charge is 0.290 e. The topological polar surface area (TPSA) is 127 Å². The van der Waals surface area contributed by atoms with E-state index in [0.29, 0.717) is 28.4 Å². The largest absolute Gasteiger partial charge is 0.459 e. The normalized spacial score (nSPS) is 17.0. The Bertz CT molecular complexity index is 2220. The van der Waals surface area contributed by atoms with Crippen molar-refractivity contribution in [3.05, 3.63) is 141 Å². The zero-order valence-electron chi connectivity index (χ0n) is 27.2. The van der Waals surface area contributed by atoms with Crippen LogP contribution in [0.2, 0.25) is 5.02 Å². The maximum atomic E-state index is 13.8. The molecule has 10 nitrogen and oxygen atoms in total. The number of imide groups is 1. The van der Waals surface area contributed by atoms with E-state index in [1.54, 1.807) is 48.0 Å². The highest BCUT2D eigenvalue weighted by Gasteiger charge is 2.37. The molecule has 7 rings (SSSR count). The molecule has 0 aliphatic carbocycles. The summed E-state index contributed by atoms with van der Waals surface area (Å²) in [6, 6.07) is 24.4. The number of para-hydroxylation sites is 1. The van der Waals surface area contributed by atoms with Crippen LogP contribution in [0.3, 0.4) is 0 Å². The molecule has 0 saturated heterocycles. The lowest BCUT2D eigenvalue weighted by Crippen LogP contribution is -2.30. The van der Waals surface area contributed by atoms with E-state index in [2.05, 4.69) is 5.32 Å². The molecule has 252 valence electrons. The van der Waals surface area contributed by atoms with Gasteiger partial charge >= 0.3 is 0 Å². The van der Waals surface area contributed by atoms with Crippen LogP contribution in [0, 0.1) is 6.92 Å². The van der Waals surface area contributed by atoms with E-state index in [1.165, 1.54) is 19.1 Å². The number of aryl methyl sites for hydroxylation is 1. The molecule has 2 N–H and O–H groups in total. The van der Waals surface area contributed by atoms with Crippen molar-refractivity contribution in [3.8, 4) is 0 Å².